The van der Waals surface area contributed by atoms with Crippen molar-refractivity contribution in [3.05, 3.63) is 51.6 Å². The molecule has 0 aliphatic carbocycles. The molecule has 0 fully saturated rings. The summed E-state index contributed by atoms with van der Waals surface area (Å²) >= 11 is 1.24. The number of rotatable bonds is 6. The monoisotopic (exact) mass is 458 g/mol. The molecule has 0 spiro atoms. The lowest BCUT2D eigenvalue weighted by atomic mass is 10.1. The number of anilines is 1. The molecule has 2 aromatic heterocycles. The lowest BCUT2D eigenvalue weighted by Crippen LogP contribution is -2.31. The fourth-order valence-electron chi connectivity index (χ4n) is 3.46. The number of nitrogens with zero attached hydrogens (tertiary/aromatic N) is 3. The molecule has 10 heteroatoms. The predicted octanol–water partition coefficient (Wildman–Crippen LogP) is 4.13. The molecule has 1 aliphatic heterocycles. The van der Waals surface area contributed by atoms with Crippen LogP contribution < -0.4 is 10.9 Å². The van der Waals surface area contributed by atoms with Gasteiger partial charge in [-0.2, -0.15) is 18.2 Å². The van der Waals surface area contributed by atoms with E-state index in [-0.39, 0.29) is 22.0 Å². The largest absolute Gasteiger partial charge is 0.505 e. The minimum absolute atomic E-state index is 0.0144. The van der Waals surface area contributed by atoms with Crippen molar-refractivity contribution in [1.29, 1.82) is 0 Å². The highest BCUT2D eigenvalue weighted by Crippen LogP contribution is 2.34. The van der Waals surface area contributed by atoms with Gasteiger partial charge in [-0.3, -0.25) is 4.79 Å². The quantitative estimate of drug-likeness (QED) is 0.426. The summed E-state index contributed by atoms with van der Waals surface area (Å²) in [6, 6.07) is 7.99. The first-order valence-corrected chi connectivity index (χ1v) is 12.3. The summed E-state index contributed by atoms with van der Waals surface area (Å²) in [6.07, 6.45) is 3.84. The van der Waals surface area contributed by atoms with Crippen molar-refractivity contribution in [2.75, 3.05) is 5.32 Å². The first-order chi connectivity index (χ1) is 14.8. The third-order valence-corrected chi connectivity index (χ3v) is 7.25. The molecule has 3 aromatic rings. The summed E-state index contributed by atoms with van der Waals surface area (Å²) < 4.78 is 30.8. The minimum atomic E-state index is -4.03. The topological polar surface area (TPSA) is 113 Å². The van der Waals surface area contributed by atoms with E-state index in [2.05, 4.69) is 21.7 Å². The standard InChI is InChI=1S/C21H22N4O4S2/c1-3-4-5-8-13(2)23-25-15-11-12-30-19(15)18(26)17(21(25)27)20-22-14-9-6-7-10-16(14)31(28,29)24-20/h6-7,9-12,26H,3-5,8H2,1-2H3,(H,22,24). The molecule has 31 heavy (non-hydrogen) atoms. The molecule has 0 saturated carbocycles. The molecule has 1 aromatic carbocycles. The van der Waals surface area contributed by atoms with Gasteiger partial charge >= 0.3 is 0 Å². The molecule has 8 nitrogen and oxygen atoms in total. The van der Waals surface area contributed by atoms with Crippen LogP contribution in [0.4, 0.5) is 5.69 Å². The van der Waals surface area contributed by atoms with Crippen LogP contribution in [-0.4, -0.2) is 29.7 Å². The van der Waals surface area contributed by atoms with Crippen LogP contribution in [0, 0.1) is 0 Å². The number of benzene rings is 1. The van der Waals surface area contributed by atoms with Crippen molar-refractivity contribution < 1.29 is 13.5 Å². The number of aromatic nitrogens is 1. The lowest BCUT2D eigenvalue weighted by Gasteiger charge is -2.19. The summed E-state index contributed by atoms with van der Waals surface area (Å²) in [5.41, 5.74) is 0.669. The summed E-state index contributed by atoms with van der Waals surface area (Å²) in [4.78, 5) is 13.4. The second kappa shape index (κ2) is 8.27. The first kappa shape index (κ1) is 21.3. The van der Waals surface area contributed by atoms with Crippen molar-refractivity contribution in [2.24, 2.45) is 9.50 Å². The maximum atomic E-state index is 13.4. The highest BCUT2D eigenvalue weighted by molar-refractivity contribution is 7.90. The Kier molecular flexibility index (Phi) is 5.67. The number of hydrogen-bond donors (Lipinski definition) is 2. The predicted molar refractivity (Wildman–Crippen MR) is 124 cm³/mol. The van der Waals surface area contributed by atoms with Gasteiger partial charge in [0.25, 0.3) is 15.6 Å². The number of sulfonamides is 1. The van der Waals surface area contributed by atoms with E-state index >= 15 is 0 Å². The van der Waals surface area contributed by atoms with Gasteiger partial charge in [-0.25, -0.2) is 0 Å². The number of hydrogen-bond acceptors (Lipinski definition) is 7. The van der Waals surface area contributed by atoms with Crippen LogP contribution >= 0.6 is 11.3 Å². The first-order valence-electron chi connectivity index (χ1n) is 9.94. The molecule has 0 radical (unpaired) electrons. The average molecular weight is 459 g/mol. The van der Waals surface area contributed by atoms with Gasteiger partial charge in [0.2, 0.25) is 0 Å². The number of thiophene rings is 1. The molecular formula is C21H22N4O4S2. The molecule has 3 heterocycles. The number of para-hydroxylation sites is 1. The van der Waals surface area contributed by atoms with Gasteiger partial charge in [-0.1, -0.05) is 31.9 Å². The Morgan fingerprint density at radius 3 is 2.81 bits per heavy atom. The maximum Gasteiger partial charge on any atom is 0.286 e. The number of amidine groups is 1. The van der Waals surface area contributed by atoms with E-state index in [0.29, 0.717) is 15.9 Å². The van der Waals surface area contributed by atoms with E-state index in [1.165, 1.54) is 22.1 Å². The van der Waals surface area contributed by atoms with Crippen molar-refractivity contribution >= 4 is 48.8 Å². The van der Waals surface area contributed by atoms with Gasteiger partial charge in [0.15, 0.2) is 11.6 Å². The Morgan fingerprint density at radius 2 is 2.03 bits per heavy atom. The number of nitrogens with one attached hydrogen (secondary N) is 1. The van der Waals surface area contributed by atoms with Gasteiger partial charge in [-0.05, 0) is 43.3 Å². The third kappa shape index (κ3) is 3.88. The minimum Gasteiger partial charge on any atom is -0.505 e. The van der Waals surface area contributed by atoms with Crippen LogP contribution in [-0.2, 0) is 10.0 Å². The normalized spacial score (nSPS) is 15.4. The molecule has 162 valence electrons. The van der Waals surface area contributed by atoms with E-state index in [4.69, 9.17) is 0 Å². The molecule has 0 unspecified atom stereocenters. The number of fused-ring (bicyclic) bond motifs is 2. The van der Waals surface area contributed by atoms with E-state index in [9.17, 15) is 18.3 Å². The fourth-order valence-corrected chi connectivity index (χ4v) is 5.41. The Hall–Kier alpha value is -2.98. The Balaban J connectivity index is 1.90. The summed E-state index contributed by atoms with van der Waals surface area (Å²) in [7, 11) is -4.03. The van der Waals surface area contributed by atoms with Crippen LogP contribution in [0.2, 0.25) is 0 Å². The average Bonchev–Trinajstić information content (AvgIpc) is 3.21. The molecule has 0 saturated heterocycles. The summed E-state index contributed by atoms with van der Waals surface area (Å²) in [5.74, 6) is -0.532. The van der Waals surface area contributed by atoms with E-state index in [1.807, 2.05) is 6.92 Å². The Bertz CT molecular complexity index is 1380. The van der Waals surface area contributed by atoms with Crippen molar-refractivity contribution in [2.45, 2.75) is 44.4 Å². The summed E-state index contributed by atoms with van der Waals surface area (Å²) in [5, 5.41) is 20.0. The number of unbranched alkanes of at least 4 members (excludes halogenated alkanes) is 2. The molecule has 4 rings (SSSR count). The molecule has 0 amide bonds. The van der Waals surface area contributed by atoms with Crippen LogP contribution in [0.5, 0.6) is 5.75 Å². The maximum absolute atomic E-state index is 13.4. The van der Waals surface area contributed by atoms with E-state index in [0.717, 1.165) is 31.4 Å². The lowest BCUT2D eigenvalue weighted by molar-refractivity contribution is 0.479. The molecule has 1 aliphatic rings. The number of aromatic hydroxyl groups is 1. The van der Waals surface area contributed by atoms with Crippen LogP contribution in [0.25, 0.3) is 10.2 Å². The van der Waals surface area contributed by atoms with Gasteiger partial charge in [0, 0.05) is 5.71 Å². The molecule has 2 N–H and O–H groups in total. The van der Waals surface area contributed by atoms with Crippen molar-refractivity contribution in [1.82, 2.24) is 4.68 Å². The fraction of sp³-hybridized carbons (Fsp3) is 0.286. The van der Waals surface area contributed by atoms with Crippen LogP contribution in [0.15, 0.2) is 54.9 Å². The van der Waals surface area contributed by atoms with E-state index in [1.54, 1.807) is 29.6 Å². The molecular weight excluding hydrogens is 436 g/mol. The van der Waals surface area contributed by atoms with Crippen molar-refractivity contribution in [3.8, 4) is 5.75 Å². The van der Waals surface area contributed by atoms with E-state index < -0.39 is 15.6 Å². The Labute approximate surface area is 183 Å². The highest BCUT2D eigenvalue weighted by Gasteiger charge is 2.30. The van der Waals surface area contributed by atoms with Gasteiger partial charge in [0.05, 0.1) is 15.9 Å². The van der Waals surface area contributed by atoms with Gasteiger partial charge in [-0.15, -0.1) is 15.7 Å². The third-order valence-electron chi connectivity index (χ3n) is 5.01. The van der Waals surface area contributed by atoms with Crippen molar-refractivity contribution in [3.63, 3.8) is 0 Å². The zero-order valence-corrected chi connectivity index (χ0v) is 18.8. The second-order valence-corrected chi connectivity index (χ2v) is 9.79. The van der Waals surface area contributed by atoms with Crippen LogP contribution in [0.1, 0.15) is 45.1 Å². The SMILES string of the molecule is CCCCCC(C)=Nn1c(=O)c(C2=NS(=O)(=O)c3ccccc3N2)c(O)c2sccc21. The highest BCUT2D eigenvalue weighted by atomic mass is 32.2. The molecule has 0 bridgehead atoms. The molecule has 0 atom stereocenters. The number of pyridine rings is 1. The summed E-state index contributed by atoms with van der Waals surface area (Å²) in [6.45, 7) is 3.96. The zero-order valence-electron chi connectivity index (χ0n) is 17.1. The second-order valence-electron chi connectivity index (χ2n) is 7.30. The van der Waals surface area contributed by atoms with Gasteiger partial charge in [0.1, 0.15) is 10.5 Å². The smallest absolute Gasteiger partial charge is 0.286 e. The Morgan fingerprint density at radius 1 is 1.26 bits per heavy atom. The van der Waals surface area contributed by atoms with Gasteiger partial charge < -0.3 is 10.4 Å². The van der Waals surface area contributed by atoms with Crippen LogP contribution in [0.3, 0.4) is 0 Å². The zero-order chi connectivity index (χ0) is 22.2.